The van der Waals surface area contributed by atoms with Gasteiger partial charge in [-0.1, -0.05) is 0 Å². The first kappa shape index (κ1) is 8.63. The number of nitrogens with zero attached hydrogens (tertiary/aromatic N) is 2. The minimum Gasteiger partial charge on any atom is -0.295 e. The highest BCUT2D eigenvalue weighted by atomic mass is 32.2. The maximum Gasteiger partial charge on any atom is 0.0565 e. The summed E-state index contributed by atoms with van der Waals surface area (Å²) in [6, 6.07) is 0. The van der Waals surface area contributed by atoms with Gasteiger partial charge in [-0.25, -0.2) is 0 Å². The van der Waals surface area contributed by atoms with Crippen molar-refractivity contribution >= 4 is 36.0 Å². The Kier molecular flexibility index (Phi) is 3.11. The maximum absolute atomic E-state index is 4.31. The van der Waals surface area contributed by atoms with Crippen LogP contribution in [0, 0.1) is 0 Å². The number of hydrogen-bond acceptors (Lipinski definition) is 4. The molecule has 4 heteroatoms. The summed E-state index contributed by atoms with van der Waals surface area (Å²) in [5.41, 5.74) is 0. The highest BCUT2D eigenvalue weighted by molar-refractivity contribution is 8.04. The molecule has 0 saturated heterocycles. The van der Waals surface area contributed by atoms with Gasteiger partial charge in [0.25, 0.3) is 0 Å². The van der Waals surface area contributed by atoms with E-state index in [0.717, 1.165) is 13.1 Å². The molecule has 2 atom stereocenters. The van der Waals surface area contributed by atoms with E-state index in [2.05, 4.69) is 22.4 Å². The van der Waals surface area contributed by atoms with Gasteiger partial charge in [-0.05, 0) is 0 Å². The molecule has 0 N–H and O–H groups in total. The summed E-state index contributed by atoms with van der Waals surface area (Å²) in [5.74, 6) is 2.35. The maximum atomic E-state index is 4.31. The SMILES string of the molecule is C1=NCCSC1C1C=NCCS1. The summed E-state index contributed by atoms with van der Waals surface area (Å²) in [7, 11) is 0. The Morgan fingerprint density at radius 2 is 1.42 bits per heavy atom. The first-order valence-electron chi connectivity index (χ1n) is 4.20. The summed E-state index contributed by atoms with van der Waals surface area (Å²) in [5, 5.41) is 1.15. The van der Waals surface area contributed by atoms with Gasteiger partial charge < -0.3 is 0 Å². The third kappa shape index (κ3) is 2.04. The summed E-state index contributed by atoms with van der Waals surface area (Å²) in [4.78, 5) is 8.63. The van der Waals surface area contributed by atoms with Crippen molar-refractivity contribution in [1.29, 1.82) is 0 Å². The molecule has 0 aromatic rings. The van der Waals surface area contributed by atoms with Crippen molar-refractivity contribution in [2.24, 2.45) is 9.98 Å². The first-order chi connectivity index (χ1) is 5.97. The molecular formula is C8H12N2S2. The molecule has 12 heavy (non-hydrogen) atoms. The Morgan fingerprint density at radius 1 is 0.917 bits per heavy atom. The van der Waals surface area contributed by atoms with E-state index in [-0.39, 0.29) is 0 Å². The van der Waals surface area contributed by atoms with Gasteiger partial charge in [0.05, 0.1) is 10.5 Å². The van der Waals surface area contributed by atoms with Crippen molar-refractivity contribution in [2.45, 2.75) is 10.5 Å². The second kappa shape index (κ2) is 4.33. The first-order valence-corrected chi connectivity index (χ1v) is 6.30. The predicted molar refractivity (Wildman–Crippen MR) is 59.2 cm³/mol. The molecule has 0 saturated carbocycles. The van der Waals surface area contributed by atoms with Crippen molar-refractivity contribution in [3.05, 3.63) is 0 Å². The molecule has 0 fully saturated rings. The fraction of sp³-hybridized carbons (Fsp3) is 0.750. The molecule has 0 amide bonds. The van der Waals surface area contributed by atoms with Gasteiger partial charge in [0, 0.05) is 37.0 Å². The van der Waals surface area contributed by atoms with Crippen molar-refractivity contribution in [3.63, 3.8) is 0 Å². The second-order valence-electron chi connectivity index (χ2n) is 2.78. The monoisotopic (exact) mass is 200 g/mol. The summed E-state index contributed by atoms with van der Waals surface area (Å²) in [6.07, 6.45) is 4.20. The van der Waals surface area contributed by atoms with E-state index in [0.29, 0.717) is 10.5 Å². The molecule has 2 aliphatic rings. The fourth-order valence-electron chi connectivity index (χ4n) is 1.29. The average Bonchev–Trinajstić information content (AvgIpc) is 2.21. The molecule has 2 rings (SSSR count). The molecule has 66 valence electrons. The van der Waals surface area contributed by atoms with Crippen LogP contribution < -0.4 is 0 Å². The molecule has 0 spiro atoms. The van der Waals surface area contributed by atoms with E-state index < -0.39 is 0 Å². The quantitative estimate of drug-likeness (QED) is 0.638. The van der Waals surface area contributed by atoms with E-state index in [1.807, 2.05) is 23.5 Å². The Hall–Kier alpha value is 0.0400. The van der Waals surface area contributed by atoms with Gasteiger partial charge in [-0.15, -0.1) is 23.5 Å². The lowest BCUT2D eigenvalue weighted by molar-refractivity contribution is 1.05. The van der Waals surface area contributed by atoms with Crippen LogP contribution in [0.3, 0.4) is 0 Å². The second-order valence-corrected chi connectivity index (χ2v) is 5.35. The molecule has 2 unspecified atom stereocenters. The predicted octanol–water partition coefficient (Wildman–Crippen LogP) is 1.36. The van der Waals surface area contributed by atoms with Crippen LogP contribution in [0.4, 0.5) is 0 Å². The number of rotatable bonds is 1. The summed E-state index contributed by atoms with van der Waals surface area (Å²) >= 11 is 4.02. The van der Waals surface area contributed by atoms with Gasteiger partial charge in [0.1, 0.15) is 0 Å². The minimum atomic E-state index is 0.577. The lowest BCUT2D eigenvalue weighted by Crippen LogP contribution is -2.28. The zero-order chi connectivity index (χ0) is 8.23. The third-order valence-corrected chi connectivity index (χ3v) is 4.50. The third-order valence-electron chi connectivity index (χ3n) is 1.89. The van der Waals surface area contributed by atoms with Crippen LogP contribution in [0.5, 0.6) is 0 Å². The molecule has 0 aromatic heterocycles. The van der Waals surface area contributed by atoms with Crippen LogP contribution in [-0.4, -0.2) is 47.5 Å². The molecule has 2 heterocycles. The highest BCUT2D eigenvalue weighted by Crippen LogP contribution is 2.26. The van der Waals surface area contributed by atoms with E-state index in [1.54, 1.807) is 0 Å². The van der Waals surface area contributed by atoms with Crippen LogP contribution in [0.15, 0.2) is 9.98 Å². The number of hydrogen-bond donors (Lipinski definition) is 0. The van der Waals surface area contributed by atoms with Crippen LogP contribution in [0.25, 0.3) is 0 Å². The molecule has 0 bridgehead atoms. The number of thioether (sulfide) groups is 2. The molecular weight excluding hydrogens is 188 g/mol. The zero-order valence-electron chi connectivity index (χ0n) is 6.85. The smallest absolute Gasteiger partial charge is 0.0565 e. The lowest BCUT2D eigenvalue weighted by Gasteiger charge is -2.23. The normalized spacial score (nSPS) is 35.3. The molecule has 0 radical (unpaired) electrons. The van der Waals surface area contributed by atoms with Gasteiger partial charge in [0.2, 0.25) is 0 Å². The fourth-order valence-corrected chi connectivity index (χ4v) is 3.59. The van der Waals surface area contributed by atoms with Gasteiger partial charge in [-0.3, -0.25) is 9.98 Å². The van der Waals surface area contributed by atoms with Crippen LogP contribution in [0.1, 0.15) is 0 Å². The largest absolute Gasteiger partial charge is 0.295 e. The van der Waals surface area contributed by atoms with Crippen molar-refractivity contribution in [1.82, 2.24) is 0 Å². The Labute approximate surface area is 81.3 Å². The molecule has 2 aliphatic heterocycles. The Morgan fingerprint density at radius 3 is 1.75 bits per heavy atom. The van der Waals surface area contributed by atoms with E-state index >= 15 is 0 Å². The lowest BCUT2D eigenvalue weighted by atomic mass is 10.3. The highest BCUT2D eigenvalue weighted by Gasteiger charge is 2.22. The summed E-state index contributed by atoms with van der Waals surface area (Å²) in [6.45, 7) is 1.99. The molecule has 0 aliphatic carbocycles. The van der Waals surface area contributed by atoms with Crippen LogP contribution in [0.2, 0.25) is 0 Å². The van der Waals surface area contributed by atoms with Crippen molar-refractivity contribution < 1.29 is 0 Å². The zero-order valence-corrected chi connectivity index (χ0v) is 8.48. The van der Waals surface area contributed by atoms with Crippen molar-refractivity contribution in [3.8, 4) is 0 Å². The topological polar surface area (TPSA) is 24.7 Å². The Bertz CT molecular complexity index is 181. The van der Waals surface area contributed by atoms with Gasteiger partial charge >= 0.3 is 0 Å². The van der Waals surface area contributed by atoms with E-state index in [9.17, 15) is 0 Å². The minimum absolute atomic E-state index is 0.577. The molecule has 2 nitrogen and oxygen atoms in total. The van der Waals surface area contributed by atoms with Crippen LogP contribution >= 0.6 is 23.5 Å². The average molecular weight is 200 g/mol. The van der Waals surface area contributed by atoms with Crippen LogP contribution in [-0.2, 0) is 0 Å². The van der Waals surface area contributed by atoms with E-state index in [1.165, 1.54) is 11.5 Å². The van der Waals surface area contributed by atoms with Crippen molar-refractivity contribution in [2.75, 3.05) is 24.6 Å². The standard InChI is InChI=1S/C8H12N2S2/c1-3-11-7(5-9-1)8-6-10-2-4-12-8/h5-8H,1-4H2. The van der Waals surface area contributed by atoms with Gasteiger partial charge in [0.15, 0.2) is 0 Å². The Balaban J connectivity index is 1.97. The van der Waals surface area contributed by atoms with Gasteiger partial charge in [-0.2, -0.15) is 0 Å². The number of aliphatic imine (C=N–C) groups is 2. The summed E-state index contributed by atoms with van der Waals surface area (Å²) < 4.78 is 0. The van der Waals surface area contributed by atoms with E-state index in [4.69, 9.17) is 0 Å². The molecule has 0 aromatic carbocycles.